The van der Waals surface area contributed by atoms with Crippen molar-refractivity contribution in [2.24, 2.45) is 0 Å². The van der Waals surface area contributed by atoms with E-state index in [0.29, 0.717) is 5.92 Å². The Labute approximate surface area is 127 Å². The van der Waals surface area contributed by atoms with Gasteiger partial charge < -0.3 is 15.0 Å². The minimum absolute atomic E-state index is 0.0606. The molecule has 1 N–H and O–H groups in total. The predicted octanol–water partition coefficient (Wildman–Crippen LogP) is 3.38. The molecular formula is C17H26N2O2. The van der Waals surface area contributed by atoms with Gasteiger partial charge in [-0.1, -0.05) is 18.6 Å². The van der Waals surface area contributed by atoms with E-state index < -0.39 is 0 Å². The first kappa shape index (κ1) is 15.7. The van der Waals surface area contributed by atoms with Crippen LogP contribution in [0, 0.1) is 0 Å². The molecule has 1 unspecified atom stereocenters. The lowest BCUT2D eigenvalue weighted by Gasteiger charge is -2.26. The van der Waals surface area contributed by atoms with Gasteiger partial charge in [0.15, 0.2) is 0 Å². The summed E-state index contributed by atoms with van der Waals surface area (Å²) in [5.74, 6) is 1.29. The number of nitrogens with zero attached hydrogens (tertiary/aromatic N) is 1. The molecule has 1 heterocycles. The van der Waals surface area contributed by atoms with Crippen molar-refractivity contribution in [3.05, 3.63) is 29.8 Å². The number of likely N-dealkylation sites (tertiary alicyclic amines) is 1. The molecule has 1 aromatic rings. The van der Waals surface area contributed by atoms with E-state index in [1.807, 2.05) is 30.9 Å². The molecule has 1 aliphatic rings. The highest BCUT2D eigenvalue weighted by Crippen LogP contribution is 2.27. The number of nitrogens with one attached hydrogen (secondary N) is 1. The molecule has 0 radical (unpaired) electrons. The molecular weight excluding hydrogens is 264 g/mol. The van der Waals surface area contributed by atoms with Crippen LogP contribution < -0.4 is 10.1 Å². The average molecular weight is 290 g/mol. The fourth-order valence-corrected chi connectivity index (χ4v) is 2.81. The molecule has 1 fully saturated rings. The Balaban J connectivity index is 2.06. The molecule has 2 rings (SSSR count). The van der Waals surface area contributed by atoms with E-state index in [1.165, 1.54) is 12.0 Å². The second kappa shape index (κ2) is 7.34. The third kappa shape index (κ3) is 4.38. The zero-order valence-electron chi connectivity index (χ0n) is 13.3. The van der Waals surface area contributed by atoms with Crippen LogP contribution in [0.3, 0.4) is 0 Å². The van der Waals surface area contributed by atoms with Crippen LogP contribution in [0.25, 0.3) is 0 Å². The maximum atomic E-state index is 12.2. The van der Waals surface area contributed by atoms with Crippen molar-refractivity contribution in [3.8, 4) is 5.75 Å². The van der Waals surface area contributed by atoms with Crippen LogP contribution in [-0.2, 0) is 0 Å². The van der Waals surface area contributed by atoms with Crippen molar-refractivity contribution in [2.45, 2.75) is 45.1 Å². The lowest BCUT2D eigenvalue weighted by atomic mass is 9.94. The van der Waals surface area contributed by atoms with Crippen molar-refractivity contribution in [1.29, 1.82) is 0 Å². The second-order valence-electron chi connectivity index (χ2n) is 6.02. The van der Waals surface area contributed by atoms with Gasteiger partial charge in [0, 0.05) is 25.0 Å². The summed E-state index contributed by atoms with van der Waals surface area (Å²) >= 11 is 0. The molecule has 0 aromatic heterocycles. The maximum Gasteiger partial charge on any atom is 0.317 e. The van der Waals surface area contributed by atoms with Crippen LogP contribution in [0.2, 0.25) is 0 Å². The zero-order valence-corrected chi connectivity index (χ0v) is 13.3. The van der Waals surface area contributed by atoms with Gasteiger partial charge in [-0.3, -0.25) is 0 Å². The molecule has 0 aliphatic carbocycles. The maximum absolute atomic E-state index is 12.2. The van der Waals surface area contributed by atoms with E-state index in [1.54, 1.807) is 7.11 Å². The van der Waals surface area contributed by atoms with Crippen LogP contribution in [0.4, 0.5) is 4.79 Å². The molecule has 2 amide bonds. The number of amides is 2. The molecule has 1 atom stereocenters. The Morgan fingerprint density at radius 3 is 2.62 bits per heavy atom. The number of hydrogen-bond donors (Lipinski definition) is 1. The number of carbonyl (C=O) groups is 1. The topological polar surface area (TPSA) is 41.6 Å². The van der Waals surface area contributed by atoms with Crippen molar-refractivity contribution in [2.75, 3.05) is 20.2 Å². The summed E-state index contributed by atoms with van der Waals surface area (Å²) in [6, 6.07) is 8.48. The van der Waals surface area contributed by atoms with Gasteiger partial charge >= 0.3 is 6.03 Å². The second-order valence-corrected chi connectivity index (χ2v) is 6.02. The van der Waals surface area contributed by atoms with Crippen molar-refractivity contribution < 1.29 is 9.53 Å². The molecule has 1 saturated heterocycles. The van der Waals surface area contributed by atoms with Crippen molar-refractivity contribution in [3.63, 3.8) is 0 Å². The summed E-state index contributed by atoms with van der Waals surface area (Å²) < 4.78 is 5.21. The Kier molecular flexibility index (Phi) is 5.48. The standard InChI is InChI=1S/C17H26N2O2/c1-13(2)18-17(20)19-11-5-4-6-15(12-19)14-7-9-16(21-3)10-8-14/h7-10,13,15H,4-6,11-12H2,1-3H3,(H,18,20). The van der Waals surface area contributed by atoms with Crippen LogP contribution >= 0.6 is 0 Å². The first-order valence-corrected chi connectivity index (χ1v) is 7.79. The van der Waals surface area contributed by atoms with Crippen LogP contribution in [0.5, 0.6) is 5.75 Å². The van der Waals surface area contributed by atoms with Gasteiger partial charge in [-0.25, -0.2) is 4.79 Å². The molecule has 0 spiro atoms. The number of ether oxygens (including phenoxy) is 1. The van der Waals surface area contributed by atoms with E-state index in [2.05, 4.69) is 17.4 Å². The number of carbonyl (C=O) groups excluding carboxylic acids is 1. The number of benzene rings is 1. The Morgan fingerprint density at radius 2 is 2.00 bits per heavy atom. The van der Waals surface area contributed by atoms with Gasteiger partial charge in [-0.05, 0) is 44.4 Å². The highest BCUT2D eigenvalue weighted by Gasteiger charge is 2.23. The van der Waals surface area contributed by atoms with E-state index in [-0.39, 0.29) is 12.1 Å². The molecule has 1 aromatic carbocycles. The number of hydrogen-bond acceptors (Lipinski definition) is 2. The SMILES string of the molecule is COc1ccc(C2CCCCN(C(=O)NC(C)C)C2)cc1. The van der Waals surface area contributed by atoms with Gasteiger partial charge in [-0.15, -0.1) is 0 Å². The van der Waals surface area contributed by atoms with Crippen LogP contribution in [-0.4, -0.2) is 37.2 Å². The molecule has 21 heavy (non-hydrogen) atoms. The Morgan fingerprint density at radius 1 is 1.29 bits per heavy atom. The summed E-state index contributed by atoms with van der Waals surface area (Å²) in [5, 5.41) is 3.00. The quantitative estimate of drug-likeness (QED) is 0.927. The van der Waals surface area contributed by atoms with E-state index in [4.69, 9.17) is 4.74 Å². The Bertz CT molecular complexity index is 456. The van der Waals surface area contributed by atoms with E-state index in [0.717, 1.165) is 31.7 Å². The largest absolute Gasteiger partial charge is 0.497 e. The molecule has 4 nitrogen and oxygen atoms in total. The third-order valence-electron chi connectivity index (χ3n) is 3.96. The first-order chi connectivity index (χ1) is 10.1. The van der Waals surface area contributed by atoms with Gasteiger partial charge in [0.2, 0.25) is 0 Å². The minimum Gasteiger partial charge on any atom is -0.497 e. The third-order valence-corrected chi connectivity index (χ3v) is 3.96. The zero-order chi connectivity index (χ0) is 15.2. The number of rotatable bonds is 3. The van der Waals surface area contributed by atoms with Crippen LogP contribution in [0.1, 0.15) is 44.6 Å². The van der Waals surface area contributed by atoms with Gasteiger partial charge in [0.25, 0.3) is 0 Å². The summed E-state index contributed by atoms with van der Waals surface area (Å²) in [7, 11) is 1.68. The lowest BCUT2D eigenvalue weighted by Crippen LogP contribution is -2.44. The summed E-state index contributed by atoms with van der Waals surface area (Å²) in [5.41, 5.74) is 1.29. The molecule has 0 bridgehead atoms. The highest BCUT2D eigenvalue weighted by atomic mass is 16.5. The number of methoxy groups -OCH3 is 1. The van der Waals surface area contributed by atoms with Crippen molar-refractivity contribution >= 4 is 6.03 Å². The van der Waals surface area contributed by atoms with E-state index >= 15 is 0 Å². The lowest BCUT2D eigenvalue weighted by molar-refractivity contribution is 0.195. The van der Waals surface area contributed by atoms with Gasteiger partial charge in [0.1, 0.15) is 5.75 Å². The summed E-state index contributed by atoms with van der Waals surface area (Å²) in [4.78, 5) is 14.2. The first-order valence-electron chi connectivity index (χ1n) is 7.79. The molecule has 1 aliphatic heterocycles. The van der Waals surface area contributed by atoms with Gasteiger partial charge in [0.05, 0.1) is 7.11 Å². The Hall–Kier alpha value is -1.71. The molecule has 0 saturated carbocycles. The number of urea groups is 1. The summed E-state index contributed by atoms with van der Waals surface area (Å²) in [6.07, 6.45) is 3.39. The fourth-order valence-electron chi connectivity index (χ4n) is 2.81. The minimum atomic E-state index is 0.0606. The van der Waals surface area contributed by atoms with Gasteiger partial charge in [-0.2, -0.15) is 0 Å². The fraction of sp³-hybridized carbons (Fsp3) is 0.588. The van der Waals surface area contributed by atoms with Crippen LogP contribution in [0.15, 0.2) is 24.3 Å². The molecule has 4 heteroatoms. The average Bonchev–Trinajstić information content (AvgIpc) is 2.73. The molecule has 116 valence electrons. The van der Waals surface area contributed by atoms with E-state index in [9.17, 15) is 4.79 Å². The highest BCUT2D eigenvalue weighted by molar-refractivity contribution is 5.74. The monoisotopic (exact) mass is 290 g/mol. The smallest absolute Gasteiger partial charge is 0.317 e. The summed E-state index contributed by atoms with van der Waals surface area (Å²) in [6.45, 7) is 5.64. The normalized spacial score (nSPS) is 19.2. The van der Waals surface area contributed by atoms with Crippen molar-refractivity contribution in [1.82, 2.24) is 10.2 Å². The predicted molar refractivity (Wildman–Crippen MR) is 84.8 cm³/mol.